The minimum absolute atomic E-state index is 0.0823. The van der Waals surface area contributed by atoms with E-state index in [2.05, 4.69) is 0 Å². The van der Waals surface area contributed by atoms with Gasteiger partial charge in [-0.25, -0.2) is 0 Å². The Morgan fingerprint density at radius 3 is 2.50 bits per heavy atom. The van der Waals surface area contributed by atoms with Crippen molar-refractivity contribution in [3.63, 3.8) is 0 Å². The lowest BCUT2D eigenvalue weighted by molar-refractivity contribution is -0.144. The third kappa shape index (κ3) is 4.94. The van der Waals surface area contributed by atoms with E-state index in [0.29, 0.717) is 13.0 Å². The van der Waals surface area contributed by atoms with E-state index in [1.54, 1.807) is 0 Å². The summed E-state index contributed by atoms with van der Waals surface area (Å²) in [6.45, 7) is 8.27. The van der Waals surface area contributed by atoms with Gasteiger partial charge in [-0.05, 0) is 19.3 Å². The molecule has 0 rings (SSSR count). The summed E-state index contributed by atoms with van der Waals surface area (Å²) in [5.74, 6) is -0.124. The molecule has 0 heterocycles. The SMILES string of the molecule is C/C=C/C(C)(C)CC(=O)OCC. The van der Waals surface area contributed by atoms with E-state index in [1.807, 2.05) is 39.8 Å². The van der Waals surface area contributed by atoms with Crippen LogP contribution in [0.4, 0.5) is 0 Å². The van der Waals surface area contributed by atoms with Gasteiger partial charge in [0.15, 0.2) is 0 Å². The van der Waals surface area contributed by atoms with Gasteiger partial charge in [0.05, 0.1) is 13.0 Å². The zero-order valence-corrected chi connectivity index (χ0v) is 8.39. The summed E-state index contributed by atoms with van der Waals surface area (Å²) < 4.78 is 4.85. The third-order valence-electron chi connectivity index (χ3n) is 1.52. The molecule has 0 fully saturated rings. The van der Waals surface area contributed by atoms with Crippen molar-refractivity contribution in [2.45, 2.75) is 34.1 Å². The van der Waals surface area contributed by atoms with Crippen LogP contribution in [0, 0.1) is 5.41 Å². The minimum Gasteiger partial charge on any atom is -0.466 e. The van der Waals surface area contributed by atoms with Gasteiger partial charge in [-0.15, -0.1) is 0 Å². The van der Waals surface area contributed by atoms with Crippen LogP contribution in [0.25, 0.3) is 0 Å². The van der Waals surface area contributed by atoms with Gasteiger partial charge in [0.2, 0.25) is 0 Å². The average molecular weight is 170 g/mol. The highest BCUT2D eigenvalue weighted by atomic mass is 16.5. The summed E-state index contributed by atoms with van der Waals surface area (Å²) in [5.41, 5.74) is -0.0823. The zero-order chi connectivity index (χ0) is 9.61. The third-order valence-corrected chi connectivity index (χ3v) is 1.52. The first kappa shape index (κ1) is 11.2. The van der Waals surface area contributed by atoms with Crippen LogP contribution in [0.2, 0.25) is 0 Å². The maximum atomic E-state index is 11.1. The normalized spacial score (nSPS) is 12.0. The van der Waals surface area contributed by atoms with Crippen molar-refractivity contribution in [2.24, 2.45) is 5.41 Å². The van der Waals surface area contributed by atoms with Gasteiger partial charge < -0.3 is 4.74 Å². The molecule has 2 nitrogen and oxygen atoms in total. The van der Waals surface area contributed by atoms with Gasteiger partial charge in [0.1, 0.15) is 0 Å². The standard InChI is InChI=1S/C10H18O2/c1-5-7-10(3,4)8-9(11)12-6-2/h5,7H,6,8H2,1-4H3/b7-5+. The molecule has 0 bridgehead atoms. The van der Waals surface area contributed by atoms with E-state index < -0.39 is 0 Å². The second kappa shape index (κ2) is 4.96. The quantitative estimate of drug-likeness (QED) is 0.478. The lowest BCUT2D eigenvalue weighted by atomic mass is 9.89. The van der Waals surface area contributed by atoms with Gasteiger partial charge in [0.25, 0.3) is 0 Å². The zero-order valence-electron chi connectivity index (χ0n) is 8.39. The van der Waals surface area contributed by atoms with Crippen molar-refractivity contribution in [1.82, 2.24) is 0 Å². The molecule has 0 aliphatic heterocycles. The topological polar surface area (TPSA) is 26.3 Å². The number of esters is 1. The maximum absolute atomic E-state index is 11.1. The molecular weight excluding hydrogens is 152 g/mol. The van der Waals surface area contributed by atoms with E-state index in [9.17, 15) is 4.79 Å². The lowest BCUT2D eigenvalue weighted by Gasteiger charge is -2.18. The minimum atomic E-state index is -0.124. The molecule has 0 aliphatic carbocycles. The first-order valence-electron chi connectivity index (χ1n) is 4.31. The Hall–Kier alpha value is -0.790. The van der Waals surface area contributed by atoms with E-state index in [1.165, 1.54) is 0 Å². The fraction of sp³-hybridized carbons (Fsp3) is 0.700. The lowest BCUT2D eigenvalue weighted by Crippen LogP contribution is -2.16. The molecule has 0 saturated carbocycles. The number of hydrogen-bond acceptors (Lipinski definition) is 2. The molecule has 0 saturated heterocycles. The second-order valence-corrected chi connectivity index (χ2v) is 3.47. The Bertz CT molecular complexity index is 169. The van der Waals surface area contributed by atoms with Crippen molar-refractivity contribution < 1.29 is 9.53 Å². The van der Waals surface area contributed by atoms with Crippen LogP contribution in [-0.2, 0) is 9.53 Å². The van der Waals surface area contributed by atoms with Crippen molar-refractivity contribution in [3.8, 4) is 0 Å². The van der Waals surface area contributed by atoms with Crippen LogP contribution in [0.1, 0.15) is 34.1 Å². The summed E-state index contributed by atoms with van der Waals surface area (Å²) in [4.78, 5) is 11.1. The molecule has 0 aromatic rings. The highest BCUT2D eigenvalue weighted by molar-refractivity contribution is 5.70. The van der Waals surface area contributed by atoms with E-state index >= 15 is 0 Å². The molecule has 0 aromatic carbocycles. The van der Waals surface area contributed by atoms with E-state index in [-0.39, 0.29) is 11.4 Å². The first-order valence-corrected chi connectivity index (χ1v) is 4.31. The van der Waals surface area contributed by atoms with Crippen molar-refractivity contribution in [2.75, 3.05) is 6.61 Å². The summed E-state index contributed by atoms with van der Waals surface area (Å²) in [6, 6.07) is 0. The summed E-state index contributed by atoms with van der Waals surface area (Å²) in [6.07, 6.45) is 4.42. The average Bonchev–Trinajstić information content (AvgIpc) is 1.85. The largest absolute Gasteiger partial charge is 0.466 e. The van der Waals surface area contributed by atoms with Gasteiger partial charge in [-0.2, -0.15) is 0 Å². The molecule has 0 radical (unpaired) electrons. The van der Waals surface area contributed by atoms with Crippen molar-refractivity contribution >= 4 is 5.97 Å². The number of allylic oxidation sites excluding steroid dienone is 2. The Balaban J connectivity index is 3.96. The van der Waals surface area contributed by atoms with Crippen LogP contribution in [0.5, 0.6) is 0 Å². The number of ether oxygens (including phenoxy) is 1. The maximum Gasteiger partial charge on any atom is 0.306 e. The van der Waals surface area contributed by atoms with Gasteiger partial charge in [-0.1, -0.05) is 26.0 Å². The molecule has 0 N–H and O–H groups in total. The number of carbonyl (C=O) groups excluding carboxylic acids is 1. The van der Waals surface area contributed by atoms with Gasteiger partial charge in [-0.3, -0.25) is 4.79 Å². The summed E-state index contributed by atoms with van der Waals surface area (Å²) in [5, 5.41) is 0. The Kier molecular flexibility index (Phi) is 4.64. The fourth-order valence-electron chi connectivity index (χ4n) is 1.09. The summed E-state index contributed by atoms with van der Waals surface area (Å²) >= 11 is 0. The molecule has 12 heavy (non-hydrogen) atoms. The Labute approximate surface area is 74.6 Å². The van der Waals surface area contributed by atoms with Crippen LogP contribution < -0.4 is 0 Å². The smallest absolute Gasteiger partial charge is 0.306 e. The van der Waals surface area contributed by atoms with Crippen LogP contribution in [0.3, 0.4) is 0 Å². The predicted octanol–water partition coefficient (Wildman–Crippen LogP) is 2.54. The monoisotopic (exact) mass is 170 g/mol. The second-order valence-electron chi connectivity index (χ2n) is 3.47. The predicted molar refractivity (Wildman–Crippen MR) is 49.8 cm³/mol. The van der Waals surface area contributed by atoms with Gasteiger partial charge >= 0.3 is 5.97 Å². The summed E-state index contributed by atoms with van der Waals surface area (Å²) in [7, 11) is 0. The molecule has 0 unspecified atom stereocenters. The molecule has 0 aromatic heterocycles. The van der Waals surface area contributed by atoms with Crippen molar-refractivity contribution in [3.05, 3.63) is 12.2 Å². The van der Waals surface area contributed by atoms with Crippen LogP contribution >= 0.6 is 0 Å². The van der Waals surface area contributed by atoms with E-state index in [4.69, 9.17) is 4.74 Å². The van der Waals surface area contributed by atoms with E-state index in [0.717, 1.165) is 0 Å². The number of hydrogen-bond donors (Lipinski definition) is 0. The number of carbonyl (C=O) groups is 1. The molecule has 70 valence electrons. The molecule has 0 atom stereocenters. The Morgan fingerprint density at radius 2 is 2.08 bits per heavy atom. The highest BCUT2D eigenvalue weighted by Crippen LogP contribution is 2.22. The molecule has 0 spiro atoms. The Morgan fingerprint density at radius 1 is 1.50 bits per heavy atom. The molecular formula is C10H18O2. The van der Waals surface area contributed by atoms with Gasteiger partial charge in [0, 0.05) is 0 Å². The highest BCUT2D eigenvalue weighted by Gasteiger charge is 2.18. The molecule has 0 aliphatic rings. The molecule has 2 heteroatoms. The number of rotatable bonds is 4. The van der Waals surface area contributed by atoms with Crippen LogP contribution in [0.15, 0.2) is 12.2 Å². The fourth-order valence-corrected chi connectivity index (χ4v) is 1.09. The molecule has 0 amide bonds. The first-order chi connectivity index (χ1) is 5.52. The van der Waals surface area contributed by atoms with Crippen molar-refractivity contribution in [1.29, 1.82) is 0 Å². The van der Waals surface area contributed by atoms with Crippen LogP contribution in [-0.4, -0.2) is 12.6 Å².